The van der Waals surface area contributed by atoms with Crippen LogP contribution in [-0.4, -0.2) is 36.4 Å². The van der Waals surface area contributed by atoms with E-state index in [1.807, 2.05) is 17.8 Å². The highest BCUT2D eigenvalue weighted by Gasteiger charge is 2.04. The van der Waals surface area contributed by atoms with Gasteiger partial charge in [-0.1, -0.05) is 42.5 Å². The second-order valence-corrected chi connectivity index (χ2v) is 7.35. The van der Waals surface area contributed by atoms with Gasteiger partial charge in [0, 0.05) is 30.3 Å². The van der Waals surface area contributed by atoms with Crippen molar-refractivity contribution in [1.82, 2.24) is 15.5 Å². The molecule has 0 aromatic heterocycles. The molecule has 2 rings (SSSR count). The van der Waals surface area contributed by atoms with Crippen LogP contribution in [0.5, 0.6) is 0 Å². The topological polar surface area (TPSA) is 27.3 Å². The zero-order chi connectivity index (χ0) is 17.2. The molecule has 5 heteroatoms. The van der Waals surface area contributed by atoms with E-state index in [1.165, 1.54) is 16.0 Å². The molecular weight excluding hydrogens is 334 g/mol. The highest BCUT2D eigenvalue weighted by molar-refractivity contribution is 7.99. The van der Waals surface area contributed by atoms with Gasteiger partial charge in [0.15, 0.2) is 5.11 Å². The SMILES string of the molecule is CN(C)Cc1ccccc1CNC(=S)NCCSc1ccccc1. The van der Waals surface area contributed by atoms with Crippen molar-refractivity contribution >= 4 is 29.1 Å². The van der Waals surface area contributed by atoms with Crippen molar-refractivity contribution in [1.29, 1.82) is 0 Å². The number of benzene rings is 2. The van der Waals surface area contributed by atoms with Crippen LogP contribution in [-0.2, 0) is 13.1 Å². The number of thioether (sulfide) groups is 1. The molecule has 0 spiro atoms. The van der Waals surface area contributed by atoms with Crippen LogP contribution >= 0.6 is 24.0 Å². The summed E-state index contributed by atoms with van der Waals surface area (Å²) in [6.07, 6.45) is 0. The van der Waals surface area contributed by atoms with Crippen molar-refractivity contribution in [2.75, 3.05) is 26.4 Å². The molecule has 0 aliphatic carbocycles. The number of hydrogen-bond donors (Lipinski definition) is 2. The molecule has 0 amide bonds. The minimum absolute atomic E-state index is 0.711. The van der Waals surface area contributed by atoms with Crippen LogP contribution in [0.25, 0.3) is 0 Å². The number of thiocarbonyl (C=S) groups is 1. The molecule has 0 bridgehead atoms. The minimum Gasteiger partial charge on any atom is -0.362 e. The Labute approximate surface area is 154 Å². The fourth-order valence-corrected chi connectivity index (χ4v) is 3.28. The predicted octanol–water partition coefficient (Wildman–Crippen LogP) is 3.50. The summed E-state index contributed by atoms with van der Waals surface area (Å²) < 4.78 is 0. The third-order valence-electron chi connectivity index (χ3n) is 3.44. The fourth-order valence-electron chi connectivity index (χ4n) is 2.31. The summed E-state index contributed by atoms with van der Waals surface area (Å²) in [4.78, 5) is 3.46. The lowest BCUT2D eigenvalue weighted by Crippen LogP contribution is -2.36. The van der Waals surface area contributed by atoms with Gasteiger partial charge in [-0.05, 0) is 49.6 Å². The van der Waals surface area contributed by atoms with Gasteiger partial charge in [-0.2, -0.15) is 0 Å². The maximum absolute atomic E-state index is 5.37. The second-order valence-electron chi connectivity index (χ2n) is 5.78. The van der Waals surface area contributed by atoms with Gasteiger partial charge in [0.2, 0.25) is 0 Å². The molecule has 0 atom stereocenters. The number of nitrogens with one attached hydrogen (secondary N) is 2. The van der Waals surface area contributed by atoms with Crippen LogP contribution in [0.15, 0.2) is 59.5 Å². The summed E-state index contributed by atoms with van der Waals surface area (Å²) in [6, 6.07) is 18.9. The molecule has 0 radical (unpaired) electrons. The molecular formula is C19H25N3S2. The van der Waals surface area contributed by atoms with E-state index in [-0.39, 0.29) is 0 Å². The van der Waals surface area contributed by atoms with Crippen molar-refractivity contribution in [3.8, 4) is 0 Å². The Hall–Kier alpha value is -1.56. The van der Waals surface area contributed by atoms with Gasteiger partial charge in [-0.25, -0.2) is 0 Å². The second kappa shape index (κ2) is 10.3. The smallest absolute Gasteiger partial charge is 0.166 e. The summed E-state index contributed by atoms with van der Waals surface area (Å²) in [5.41, 5.74) is 2.62. The minimum atomic E-state index is 0.711. The van der Waals surface area contributed by atoms with Crippen molar-refractivity contribution in [3.05, 3.63) is 65.7 Å². The lowest BCUT2D eigenvalue weighted by molar-refractivity contribution is 0.400. The van der Waals surface area contributed by atoms with E-state index in [9.17, 15) is 0 Å². The first kappa shape index (κ1) is 18.8. The normalized spacial score (nSPS) is 10.6. The zero-order valence-electron chi connectivity index (χ0n) is 14.3. The largest absolute Gasteiger partial charge is 0.362 e. The van der Waals surface area contributed by atoms with Gasteiger partial charge in [0.1, 0.15) is 0 Å². The fraction of sp³-hybridized carbons (Fsp3) is 0.316. The van der Waals surface area contributed by atoms with Crippen LogP contribution in [0.2, 0.25) is 0 Å². The first-order valence-corrected chi connectivity index (χ1v) is 9.45. The highest BCUT2D eigenvalue weighted by atomic mass is 32.2. The van der Waals surface area contributed by atoms with Crippen LogP contribution in [0.3, 0.4) is 0 Å². The molecule has 0 unspecified atom stereocenters. The van der Waals surface area contributed by atoms with Crippen LogP contribution in [0.1, 0.15) is 11.1 Å². The molecule has 24 heavy (non-hydrogen) atoms. The van der Waals surface area contributed by atoms with Gasteiger partial charge in [-0.15, -0.1) is 11.8 Å². The molecule has 0 saturated heterocycles. The Morgan fingerprint density at radius 2 is 1.62 bits per heavy atom. The molecule has 2 N–H and O–H groups in total. The van der Waals surface area contributed by atoms with Crippen molar-refractivity contribution in [2.45, 2.75) is 18.0 Å². The summed E-state index contributed by atoms with van der Waals surface area (Å²) in [5.74, 6) is 0.989. The van der Waals surface area contributed by atoms with Gasteiger partial charge in [0.05, 0.1) is 0 Å². The molecule has 0 fully saturated rings. The zero-order valence-corrected chi connectivity index (χ0v) is 15.9. The van der Waals surface area contributed by atoms with E-state index in [0.29, 0.717) is 5.11 Å². The van der Waals surface area contributed by atoms with E-state index in [4.69, 9.17) is 12.2 Å². The first-order valence-electron chi connectivity index (χ1n) is 8.06. The molecule has 2 aromatic carbocycles. The number of nitrogens with zero attached hydrogens (tertiary/aromatic N) is 1. The summed E-state index contributed by atoms with van der Waals surface area (Å²) in [6.45, 7) is 2.54. The Morgan fingerprint density at radius 1 is 0.958 bits per heavy atom. The third kappa shape index (κ3) is 6.91. The van der Waals surface area contributed by atoms with Crippen LogP contribution in [0, 0.1) is 0 Å². The molecule has 0 aliphatic heterocycles. The van der Waals surface area contributed by atoms with Gasteiger partial charge in [-0.3, -0.25) is 0 Å². The van der Waals surface area contributed by atoms with Crippen LogP contribution < -0.4 is 10.6 Å². The summed E-state index contributed by atoms with van der Waals surface area (Å²) in [5, 5.41) is 7.29. The van der Waals surface area contributed by atoms with Crippen molar-refractivity contribution in [3.63, 3.8) is 0 Å². The molecule has 2 aromatic rings. The van der Waals surface area contributed by atoms with Gasteiger partial charge < -0.3 is 15.5 Å². The van der Waals surface area contributed by atoms with Gasteiger partial charge >= 0.3 is 0 Å². The van der Waals surface area contributed by atoms with E-state index in [2.05, 4.69) is 78.2 Å². The molecule has 0 saturated carbocycles. The average Bonchev–Trinajstić information content (AvgIpc) is 2.58. The van der Waals surface area contributed by atoms with Crippen molar-refractivity contribution < 1.29 is 0 Å². The van der Waals surface area contributed by atoms with Crippen molar-refractivity contribution in [2.24, 2.45) is 0 Å². The highest BCUT2D eigenvalue weighted by Crippen LogP contribution is 2.15. The Balaban J connectivity index is 1.70. The van der Waals surface area contributed by atoms with Gasteiger partial charge in [0.25, 0.3) is 0 Å². The summed E-state index contributed by atoms with van der Waals surface area (Å²) in [7, 11) is 4.17. The van der Waals surface area contributed by atoms with E-state index >= 15 is 0 Å². The van der Waals surface area contributed by atoms with E-state index in [1.54, 1.807) is 0 Å². The first-order chi connectivity index (χ1) is 11.6. The van der Waals surface area contributed by atoms with Crippen LogP contribution in [0.4, 0.5) is 0 Å². The number of hydrogen-bond acceptors (Lipinski definition) is 3. The maximum atomic E-state index is 5.37. The lowest BCUT2D eigenvalue weighted by Gasteiger charge is -2.16. The molecule has 0 heterocycles. The van der Waals surface area contributed by atoms with E-state index < -0.39 is 0 Å². The molecule has 0 aliphatic rings. The Bertz CT molecular complexity index is 630. The monoisotopic (exact) mass is 359 g/mol. The summed E-state index contributed by atoms with van der Waals surface area (Å²) >= 11 is 7.20. The standard InChI is InChI=1S/C19H25N3S2/c1-22(2)15-17-9-7-6-8-16(17)14-21-19(23)20-12-13-24-18-10-4-3-5-11-18/h3-11H,12-15H2,1-2H3,(H2,20,21,23). The Morgan fingerprint density at radius 3 is 2.33 bits per heavy atom. The number of rotatable bonds is 8. The third-order valence-corrected chi connectivity index (χ3v) is 4.75. The quantitative estimate of drug-likeness (QED) is 0.427. The Kier molecular flexibility index (Phi) is 8.08. The average molecular weight is 360 g/mol. The predicted molar refractivity (Wildman–Crippen MR) is 108 cm³/mol. The molecule has 3 nitrogen and oxygen atoms in total. The lowest BCUT2D eigenvalue weighted by atomic mass is 10.1. The molecule has 128 valence electrons. The van der Waals surface area contributed by atoms with E-state index in [0.717, 1.165) is 25.4 Å². The maximum Gasteiger partial charge on any atom is 0.166 e.